The summed E-state index contributed by atoms with van der Waals surface area (Å²) in [6.45, 7) is 2.16. The highest BCUT2D eigenvalue weighted by Gasteiger charge is 2.00. The van der Waals surface area contributed by atoms with E-state index in [0.717, 1.165) is 6.42 Å². The van der Waals surface area contributed by atoms with E-state index in [9.17, 15) is 0 Å². The van der Waals surface area contributed by atoms with E-state index in [1.165, 1.54) is 16.8 Å². The zero-order valence-corrected chi connectivity index (χ0v) is 6.59. The SMILES string of the molecule is CC1=Cc2cc[nH]c2C=CC1. The molecule has 1 heteroatoms. The highest BCUT2D eigenvalue weighted by Crippen LogP contribution is 2.19. The van der Waals surface area contributed by atoms with Crippen molar-refractivity contribution in [2.75, 3.05) is 0 Å². The molecule has 0 amide bonds. The van der Waals surface area contributed by atoms with E-state index in [1.807, 2.05) is 6.20 Å². The van der Waals surface area contributed by atoms with E-state index in [4.69, 9.17) is 0 Å². The van der Waals surface area contributed by atoms with Gasteiger partial charge in [-0.2, -0.15) is 0 Å². The third-order valence-corrected chi connectivity index (χ3v) is 1.94. The van der Waals surface area contributed by atoms with Crippen LogP contribution in [0.25, 0.3) is 12.2 Å². The maximum Gasteiger partial charge on any atom is 0.0450 e. The van der Waals surface area contributed by atoms with Gasteiger partial charge in [0.05, 0.1) is 0 Å². The fourth-order valence-corrected chi connectivity index (χ4v) is 1.35. The maximum absolute atomic E-state index is 3.19. The van der Waals surface area contributed by atoms with Crippen molar-refractivity contribution in [1.82, 2.24) is 4.98 Å². The molecule has 0 fully saturated rings. The molecule has 1 aliphatic rings. The van der Waals surface area contributed by atoms with Gasteiger partial charge in [0.2, 0.25) is 0 Å². The molecule has 0 saturated carbocycles. The van der Waals surface area contributed by atoms with Crippen molar-refractivity contribution in [1.29, 1.82) is 0 Å². The number of rotatable bonds is 0. The van der Waals surface area contributed by atoms with Gasteiger partial charge in [-0.25, -0.2) is 0 Å². The van der Waals surface area contributed by atoms with Gasteiger partial charge in [-0.1, -0.05) is 17.7 Å². The standard InChI is InChI=1S/C10H11N/c1-8-3-2-4-10-9(7-8)5-6-11-10/h2,4-7,11H,3H2,1H3. The summed E-state index contributed by atoms with van der Waals surface area (Å²) < 4.78 is 0. The highest BCUT2D eigenvalue weighted by molar-refractivity contribution is 5.66. The fraction of sp³-hybridized carbons (Fsp3) is 0.200. The number of H-pyrrole nitrogens is 1. The number of aromatic amines is 1. The van der Waals surface area contributed by atoms with Gasteiger partial charge < -0.3 is 4.98 Å². The third-order valence-electron chi connectivity index (χ3n) is 1.94. The van der Waals surface area contributed by atoms with Crippen molar-refractivity contribution in [3.8, 4) is 0 Å². The largest absolute Gasteiger partial charge is 0.361 e. The first-order valence-corrected chi connectivity index (χ1v) is 3.87. The topological polar surface area (TPSA) is 15.8 Å². The molecule has 0 unspecified atom stereocenters. The summed E-state index contributed by atoms with van der Waals surface area (Å²) in [6.07, 6.45) is 9.61. The smallest absolute Gasteiger partial charge is 0.0450 e. The van der Waals surface area contributed by atoms with Crippen LogP contribution in [0.4, 0.5) is 0 Å². The molecule has 1 aliphatic carbocycles. The van der Waals surface area contributed by atoms with Crippen molar-refractivity contribution in [2.24, 2.45) is 0 Å². The molecule has 0 bridgehead atoms. The van der Waals surface area contributed by atoms with E-state index in [0.29, 0.717) is 0 Å². The second-order valence-corrected chi connectivity index (χ2v) is 2.94. The Hall–Kier alpha value is -1.24. The average molecular weight is 145 g/mol. The molecule has 0 aromatic carbocycles. The summed E-state index contributed by atoms with van der Waals surface area (Å²) >= 11 is 0. The predicted octanol–water partition coefficient (Wildman–Crippen LogP) is 2.83. The van der Waals surface area contributed by atoms with Gasteiger partial charge in [0, 0.05) is 11.9 Å². The zero-order valence-electron chi connectivity index (χ0n) is 6.59. The maximum atomic E-state index is 3.19. The molecule has 56 valence electrons. The Morgan fingerprint density at radius 3 is 3.27 bits per heavy atom. The molecular formula is C10H11N. The molecular weight excluding hydrogens is 134 g/mol. The molecule has 2 rings (SSSR count). The number of nitrogens with one attached hydrogen (secondary N) is 1. The van der Waals surface area contributed by atoms with Crippen LogP contribution in [0.5, 0.6) is 0 Å². The number of allylic oxidation sites excluding steroid dienone is 2. The summed E-state index contributed by atoms with van der Waals surface area (Å²) in [5.74, 6) is 0. The van der Waals surface area contributed by atoms with Crippen LogP contribution in [-0.4, -0.2) is 4.98 Å². The fourth-order valence-electron chi connectivity index (χ4n) is 1.35. The minimum absolute atomic E-state index is 1.07. The van der Waals surface area contributed by atoms with Gasteiger partial charge >= 0.3 is 0 Å². The Morgan fingerprint density at radius 2 is 2.36 bits per heavy atom. The van der Waals surface area contributed by atoms with Crippen molar-refractivity contribution in [2.45, 2.75) is 13.3 Å². The van der Waals surface area contributed by atoms with Crippen molar-refractivity contribution in [3.05, 3.63) is 35.2 Å². The minimum atomic E-state index is 1.07. The van der Waals surface area contributed by atoms with Crippen LogP contribution in [-0.2, 0) is 0 Å². The molecule has 0 radical (unpaired) electrons. The Bertz CT molecular complexity index is 315. The van der Waals surface area contributed by atoms with Gasteiger partial charge in [-0.15, -0.1) is 0 Å². The van der Waals surface area contributed by atoms with Gasteiger partial charge in [0.1, 0.15) is 0 Å². The number of fused-ring (bicyclic) bond motifs is 1. The summed E-state index contributed by atoms with van der Waals surface area (Å²) in [5, 5.41) is 0. The molecule has 11 heavy (non-hydrogen) atoms. The van der Waals surface area contributed by atoms with Crippen LogP contribution < -0.4 is 0 Å². The summed E-state index contributed by atoms with van der Waals surface area (Å²) in [6, 6.07) is 2.11. The van der Waals surface area contributed by atoms with Crippen molar-refractivity contribution >= 4 is 12.2 Å². The van der Waals surface area contributed by atoms with Crippen LogP contribution in [0.2, 0.25) is 0 Å². The average Bonchev–Trinajstić information content (AvgIpc) is 2.31. The highest BCUT2D eigenvalue weighted by atomic mass is 14.7. The number of hydrogen-bond donors (Lipinski definition) is 1. The van der Waals surface area contributed by atoms with Gasteiger partial charge in [0.15, 0.2) is 0 Å². The monoisotopic (exact) mass is 145 g/mol. The molecule has 1 aromatic heterocycles. The minimum Gasteiger partial charge on any atom is -0.361 e. The molecule has 0 spiro atoms. The van der Waals surface area contributed by atoms with E-state index in [1.54, 1.807) is 0 Å². The summed E-state index contributed by atoms with van der Waals surface area (Å²) in [7, 11) is 0. The third kappa shape index (κ3) is 1.14. The second kappa shape index (κ2) is 2.42. The lowest BCUT2D eigenvalue weighted by atomic mass is 10.2. The Labute approximate surface area is 66.4 Å². The second-order valence-electron chi connectivity index (χ2n) is 2.94. The summed E-state index contributed by atoms with van der Waals surface area (Å²) in [4.78, 5) is 3.19. The molecule has 0 saturated heterocycles. The molecule has 1 heterocycles. The van der Waals surface area contributed by atoms with Crippen LogP contribution in [0.3, 0.4) is 0 Å². The Balaban J connectivity index is 2.55. The van der Waals surface area contributed by atoms with Gasteiger partial charge in [0.25, 0.3) is 0 Å². The van der Waals surface area contributed by atoms with E-state index < -0.39 is 0 Å². The predicted molar refractivity (Wildman–Crippen MR) is 48.1 cm³/mol. The normalized spacial score (nSPS) is 15.5. The lowest BCUT2D eigenvalue weighted by molar-refractivity contribution is 1.24. The lowest BCUT2D eigenvalue weighted by Gasteiger charge is -1.90. The molecule has 0 aliphatic heterocycles. The van der Waals surface area contributed by atoms with E-state index >= 15 is 0 Å². The molecule has 1 nitrogen and oxygen atoms in total. The van der Waals surface area contributed by atoms with Crippen molar-refractivity contribution < 1.29 is 0 Å². The first kappa shape index (κ1) is 6.47. The van der Waals surface area contributed by atoms with Gasteiger partial charge in [-0.3, -0.25) is 0 Å². The van der Waals surface area contributed by atoms with Crippen LogP contribution in [0.15, 0.2) is 23.9 Å². The zero-order chi connectivity index (χ0) is 7.68. The van der Waals surface area contributed by atoms with Crippen LogP contribution >= 0.6 is 0 Å². The van der Waals surface area contributed by atoms with Crippen molar-refractivity contribution in [3.63, 3.8) is 0 Å². The number of aromatic nitrogens is 1. The van der Waals surface area contributed by atoms with E-state index in [-0.39, 0.29) is 0 Å². The Kier molecular flexibility index (Phi) is 1.42. The molecule has 0 atom stereocenters. The Morgan fingerprint density at radius 1 is 1.45 bits per heavy atom. The van der Waals surface area contributed by atoms with Crippen LogP contribution in [0, 0.1) is 0 Å². The quantitative estimate of drug-likeness (QED) is 0.577. The first-order chi connectivity index (χ1) is 5.36. The van der Waals surface area contributed by atoms with Crippen LogP contribution in [0.1, 0.15) is 24.6 Å². The number of hydrogen-bond acceptors (Lipinski definition) is 0. The summed E-state index contributed by atoms with van der Waals surface area (Å²) in [5.41, 5.74) is 3.94. The molecule has 1 aromatic rings. The van der Waals surface area contributed by atoms with E-state index in [2.05, 4.69) is 36.2 Å². The van der Waals surface area contributed by atoms with Gasteiger partial charge in [-0.05, 0) is 31.1 Å². The first-order valence-electron chi connectivity index (χ1n) is 3.87. The molecule has 1 N–H and O–H groups in total. The lowest BCUT2D eigenvalue weighted by Crippen LogP contribution is -1.72.